The molecule has 0 saturated carbocycles. The van der Waals surface area contributed by atoms with Crippen LogP contribution in [0.15, 0.2) is 45.8 Å². The maximum absolute atomic E-state index is 12.9. The Labute approximate surface area is 216 Å². The molecule has 2 aromatic rings. The van der Waals surface area contributed by atoms with Crippen molar-refractivity contribution in [1.29, 1.82) is 0 Å². The van der Waals surface area contributed by atoms with E-state index in [0.717, 1.165) is 22.2 Å². The predicted molar refractivity (Wildman–Crippen MR) is 136 cm³/mol. The van der Waals surface area contributed by atoms with Crippen LogP contribution in [-0.2, 0) is 20.9 Å². The third kappa shape index (κ3) is 6.06. The van der Waals surface area contributed by atoms with Gasteiger partial charge in [-0.3, -0.25) is 19.3 Å². The number of imide groups is 1. The normalized spacial score (nSPS) is 17.3. The smallest absolute Gasteiger partial charge is 0.294 e. The second kappa shape index (κ2) is 11.3. The SMILES string of the molecule is COc1cc(/C=C2/SC(=O)N(CC(=O)N3CCOCC3)C2=O)cc(Br)c1OCc1ccc(C)cc1. The summed E-state index contributed by atoms with van der Waals surface area (Å²) in [6, 6.07) is 11.6. The summed E-state index contributed by atoms with van der Waals surface area (Å²) in [7, 11) is 1.54. The molecule has 4 rings (SSSR count). The number of amides is 3. The molecule has 2 aromatic carbocycles. The zero-order valence-corrected chi connectivity index (χ0v) is 21.8. The van der Waals surface area contributed by atoms with Crippen LogP contribution >= 0.6 is 27.7 Å². The zero-order chi connectivity index (χ0) is 24.9. The number of morpholine rings is 1. The van der Waals surface area contributed by atoms with Gasteiger partial charge in [0.1, 0.15) is 13.2 Å². The monoisotopic (exact) mass is 560 g/mol. The minimum absolute atomic E-state index is 0.243. The van der Waals surface area contributed by atoms with E-state index in [1.165, 1.54) is 12.7 Å². The van der Waals surface area contributed by atoms with Crippen molar-refractivity contribution in [3.8, 4) is 11.5 Å². The Hall–Kier alpha value is -2.82. The number of carbonyl (C=O) groups excluding carboxylic acids is 3. The van der Waals surface area contributed by atoms with Gasteiger partial charge in [-0.2, -0.15) is 0 Å². The molecule has 0 bridgehead atoms. The number of methoxy groups -OCH3 is 1. The molecule has 0 unspecified atom stereocenters. The van der Waals surface area contributed by atoms with Crippen LogP contribution in [0.5, 0.6) is 11.5 Å². The van der Waals surface area contributed by atoms with Gasteiger partial charge in [-0.1, -0.05) is 29.8 Å². The summed E-state index contributed by atoms with van der Waals surface area (Å²) in [5, 5.41) is -0.466. The summed E-state index contributed by atoms with van der Waals surface area (Å²) in [5.41, 5.74) is 2.85. The van der Waals surface area contributed by atoms with Gasteiger partial charge in [0.25, 0.3) is 11.1 Å². The van der Waals surface area contributed by atoms with E-state index < -0.39 is 11.1 Å². The first-order chi connectivity index (χ1) is 16.9. The van der Waals surface area contributed by atoms with Gasteiger partial charge in [-0.25, -0.2) is 0 Å². The van der Waals surface area contributed by atoms with Gasteiger partial charge in [0, 0.05) is 13.1 Å². The molecule has 0 spiro atoms. The fraction of sp³-hybridized carbons (Fsp3) is 0.320. The quantitative estimate of drug-likeness (QED) is 0.468. The molecule has 2 aliphatic rings. The van der Waals surface area contributed by atoms with Gasteiger partial charge in [0.15, 0.2) is 11.5 Å². The lowest BCUT2D eigenvalue weighted by atomic mass is 10.1. The molecule has 2 heterocycles. The molecular formula is C25H25BrN2O6S. The Kier molecular flexibility index (Phi) is 8.15. The third-order valence-corrected chi connectivity index (χ3v) is 7.08. The van der Waals surface area contributed by atoms with Gasteiger partial charge in [0.2, 0.25) is 5.91 Å². The van der Waals surface area contributed by atoms with Crippen LogP contribution in [0.4, 0.5) is 4.79 Å². The number of aryl methyl sites for hydroxylation is 1. The van der Waals surface area contributed by atoms with E-state index in [4.69, 9.17) is 14.2 Å². The number of hydrogen-bond donors (Lipinski definition) is 0. The van der Waals surface area contributed by atoms with Crippen molar-refractivity contribution < 1.29 is 28.6 Å². The van der Waals surface area contributed by atoms with E-state index >= 15 is 0 Å². The van der Waals surface area contributed by atoms with Gasteiger partial charge in [-0.15, -0.1) is 0 Å². The predicted octanol–water partition coefficient (Wildman–Crippen LogP) is 4.24. The number of ether oxygens (including phenoxy) is 3. The lowest BCUT2D eigenvalue weighted by Gasteiger charge is -2.28. The molecule has 3 amide bonds. The number of hydrogen-bond acceptors (Lipinski definition) is 7. The van der Waals surface area contributed by atoms with Gasteiger partial charge >= 0.3 is 0 Å². The molecule has 8 nitrogen and oxygen atoms in total. The van der Waals surface area contributed by atoms with Crippen molar-refractivity contribution in [2.45, 2.75) is 13.5 Å². The average Bonchev–Trinajstić information content (AvgIpc) is 3.11. The number of rotatable bonds is 7. The van der Waals surface area contributed by atoms with Crippen LogP contribution in [0, 0.1) is 6.92 Å². The summed E-state index contributed by atoms with van der Waals surface area (Å²) in [4.78, 5) is 40.7. The molecule has 0 aliphatic carbocycles. The zero-order valence-electron chi connectivity index (χ0n) is 19.4. The highest BCUT2D eigenvalue weighted by atomic mass is 79.9. The van der Waals surface area contributed by atoms with Gasteiger partial charge < -0.3 is 19.1 Å². The van der Waals surface area contributed by atoms with E-state index in [-0.39, 0.29) is 17.4 Å². The van der Waals surface area contributed by atoms with E-state index in [1.807, 2.05) is 31.2 Å². The van der Waals surface area contributed by atoms with Crippen molar-refractivity contribution >= 4 is 50.8 Å². The topological polar surface area (TPSA) is 85.4 Å². The Morgan fingerprint density at radius 2 is 1.89 bits per heavy atom. The molecule has 10 heteroatoms. The van der Waals surface area contributed by atoms with E-state index in [9.17, 15) is 14.4 Å². The standard InChI is InChI=1S/C25H25BrN2O6S/c1-16-3-5-17(6-4-16)15-34-23-19(26)11-18(12-20(23)32-2)13-21-24(30)28(25(31)35-21)14-22(29)27-7-9-33-10-8-27/h3-6,11-13H,7-10,14-15H2,1-2H3/b21-13+. The fourth-order valence-corrected chi connectivity index (χ4v) is 5.05. The molecule has 0 atom stereocenters. The van der Waals surface area contributed by atoms with Crippen molar-refractivity contribution in [3.05, 3.63) is 62.5 Å². The summed E-state index contributed by atoms with van der Waals surface area (Å²) >= 11 is 4.34. The molecule has 0 N–H and O–H groups in total. The molecule has 2 saturated heterocycles. The van der Waals surface area contributed by atoms with Crippen LogP contribution in [-0.4, -0.2) is 66.8 Å². The Bertz CT molecular complexity index is 1160. The van der Waals surface area contributed by atoms with Crippen LogP contribution in [0.1, 0.15) is 16.7 Å². The first kappa shape index (κ1) is 25.3. The number of thioether (sulfide) groups is 1. The largest absolute Gasteiger partial charge is 0.493 e. The molecule has 184 valence electrons. The van der Waals surface area contributed by atoms with Crippen molar-refractivity contribution in [2.75, 3.05) is 40.0 Å². The maximum Gasteiger partial charge on any atom is 0.294 e. The van der Waals surface area contributed by atoms with Crippen molar-refractivity contribution in [3.63, 3.8) is 0 Å². The maximum atomic E-state index is 12.9. The number of benzene rings is 2. The van der Waals surface area contributed by atoms with Crippen LogP contribution in [0.3, 0.4) is 0 Å². The van der Waals surface area contributed by atoms with E-state index in [2.05, 4.69) is 15.9 Å². The van der Waals surface area contributed by atoms with E-state index in [1.54, 1.807) is 23.1 Å². The Balaban J connectivity index is 1.47. The molecular weight excluding hydrogens is 536 g/mol. The summed E-state index contributed by atoms with van der Waals surface area (Å²) in [6.45, 7) is 3.93. The van der Waals surface area contributed by atoms with Gasteiger partial charge in [0.05, 0.1) is 29.7 Å². The molecule has 0 aromatic heterocycles. The van der Waals surface area contributed by atoms with Crippen molar-refractivity contribution in [2.24, 2.45) is 0 Å². The highest BCUT2D eigenvalue weighted by Gasteiger charge is 2.37. The minimum Gasteiger partial charge on any atom is -0.493 e. The highest BCUT2D eigenvalue weighted by Crippen LogP contribution is 2.39. The molecule has 2 aliphatic heterocycles. The second-order valence-corrected chi connectivity index (χ2v) is 9.92. The third-order valence-electron chi connectivity index (χ3n) is 5.58. The summed E-state index contributed by atoms with van der Waals surface area (Å²) in [6.07, 6.45) is 1.61. The lowest BCUT2D eigenvalue weighted by molar-refractivity contribution is -0.139. The first-order valence-corrected chi connectivity index (χ1v) is 12.6. The van der Waals surface area contributed by atoms with Crippen LogP contribution < -0.4 is 9.47 Å². The van der Waals surface area contributed by atoms with Crippen molar-refractivity contribution in [1.82, 2.24) is 9.80 Å². The van der Waals surface area contributed by atoms with Gasteiger partial charge in [-0.05, 0) is 64.0 Å². The number of carbonyl (C=O) groups is 3. The number of halogens is 1. The second-order valence-electron chi connectivity index (χ2n) is 8.07. The Morgan fingerprint density at radius 1 is 1.17 bits per heavy atom. The number of nitrogens with zero attached hydrogens (tertiary/aromatic N) is 2. The summed E-state index contributed by atoms with van der Waals surface area (Å²) < 4.78 is 17.4. The Morgan fingerprint density at radius 3 is 2.57 bits per heavy atom. The minimum atomic E-state index is -0.489. The molecule has 2 fully saturated rings. The average molecular weight is 561 g/mol. The van der Waals surface area contributed by atoms with E-state index in [0.29, 0.717) is 54.4 Å². The lowest BCUT2D eigenvalue weighted by Crippen LogP contribution is -2.46. The fourth-order valence-electron chi connectivity index (χ4n) is 3.64. The van der Waals surface area contributed by atoms with Crippen LogP contribution in [0.2, 0.25) is 0 Å². The molecule has 0 radical (unpaired) electrons. The van der Waals surface area contributed by atoms with Crippen LogP contribution in [0.25, 0.3) is 6.08 Å². The highest BCUT2D eigenvalue weighted by molar-refractivity contribution is 9.10. The molecule has 35 heavy (non-hydrogen) atoms. The summed E-state index contributed by atoms with van der Waals surface area (Å²) in [5.74, 6) is 0.265. The first-order valence-electron chi connectivity index (χ1n) is 11.0.